The van der Waals surface area contributed by atoms with E-state index in [0.29, 0.717) is 17.6 Å². The molecule has 6 nitrogen and oxygen atoms in total. The molecule has 0 spiro atoms. The van der Waals surface area contributed by atoms with E-state index >= 15 is 0 Å². The van der Waals surface area contributed by atoms with Crippen molar-refractivity contribution in [1.82, 2.24) is 20.5 Å². The van der Waals surface area contributed by atoms with E-state index in [0.717, 1.165) is 56.8 Å². The van der Waals surface area contributed by atoms with Gasteiger partial charge in [-0.2, -0.15) is 0 Å². The van der Waals surface area contributed by atoms with Crippen molar-refractivity contribution in [1.29, 1.82) is 0 Å². The molecule has 0 radical (unpaired) electrons. The Labute approximate surface area is 196 Å². The van der Waals surface area contributed by atoms with Gasteiger partial charge in [-0.25, -0.2) is 4.98 Å². The predicted octanol–water partition coefficient (Wildman–Crippen LogP) is 3.63. The summed E-state index contributed by atoms with van der Waals surface area (Å²) in [5.74, 6) is 1.44. The number of nitrogens with one attached hydrogen (secondary N) is 2. The minimum Gasteiger partial charge on any atom is -0.357 e. The summed E-state index contributed by atoms with van der Waals surface area (Å²) in [7, 11) is 0. The first-order chi connectivity index (χ1) is 13.7. The lowest BCUT2D eigenvalue weighted by Crippen LogP contribution is -2.45. The first kappa shape index (κ1) is 24.2. The van der Waals surface area contributed by atoms with Crippen LogP contribution in [-0.2, 0) is 11.2 Å². The summed E-state index contributed by atoms with van der Waals surface area (Å²) in [4.78, 5) is 23.6. The van der Waals surface area contributed by atoms with Crippen LogP contribution in [0.25, 0.3) is 0 Å². The summed E-state index contributed by atoms with van der Waals surface area (Å²) in [5, 5.41) is 7.33. The highest BCUT2D eigenvalue weighted by molar-refractivity contribution is 14.0. The van der Waals surface area contributed by atoms with Crippen molar-refractivity contribution in [3.05, 3.63) is 29.0 Å². The van der Waals surface area contributed by atoms with Gasteiger partial charge in [-0.05, 0) is 44.2 Å². The molecule has 3 rings (SSSR count). The number of aliphatic imine (C=N–C) groups is 1. The van der Waals surface area contributed by atoms with Gasteiger partial charge in [-0.1, -0.05) is 36.9 Å². The minimum atomic E-state index is 0. The van der Waals surface area contributed by atoms with Gasteiger partial charge >= 0.3 is 0 Å². The molecule has 162 valence electrons. The Hall–Kier alpha value is -1.09. The van der Waals surface area contributed by atoms with Crippen LogP contribution in [-0.4, -0.2) is 54.0 Å². The van der Waals surface area contributed by atoms with Crippen molar-refractivity contribution in [3.8, 4) is 0 Å². The fraction of sp³-hybridized carbons (Fsp3) is 0.667. The smallest absolute Gasteiger partial charge is 0.225 e. The van der Waals surface area contributed by atoms with E-state index in [4.69, 9.17) is 11.6 Å². The van der Waals surface area contributed by atoms with Crippen LogP contribution in [0, 0.1) is 5.92 Å². The third-order valence-corrected chi connectivity index (χ3v) is 5.82. The topological polar surface area (TPSA) is 69.6 Å². The Kier molecular flexibility index (Phi) is 10.5. The Morgan fingerprint density at radius 1 is 1.28 bits per heavy atom. The monoisotopic (exact) mass is 533 g/mol. The standard InChI is InChI=1S/C21H32ClN5O.HI/c1-2-23-21(24-12-10-16-8-9-19(22)25-14-16)26-18-11-13-27(15-18)20(28)17-6-4-3-5-7-17;/h8-9,14,17-18H,2-7,10-13,15H2,1H3,(H2,23,24,26);1H. The molecule has 1 saturated carbocycles. The van der Waals surface area contributed by atoms with E-state index in [1.807, 2.05) is 6.07 Å². The van der Waals surface area contributed by atoms with Crippen LogP contribution in [0.15, 0.2) is 23.3 Å². The van der Waals surface area contributed by atoms with Gasteiger partial charge < -0.3 is 15.5 Å². The molecule has 1 aliphatic carbocycles. The van der Waals surface area contributed by atoms with Gasteiger partial charge in [0, 0.05) is 44.3 Å². The maximum absolute atomic E-state index is 12.7. The fourth-order valence-corrected chi connectivity index (χ4v) is 4.16. The number of carbonyl (C=O) groups is 1. The largest absolute Gasteiger partial charge is 0.357 e. The number of pyridine rings is 1. The van der Waals surface area contributed by atoms with Gasteiger partial charge in [0.2, 0.25) is 5.91 Å². The second-order valence-corrected chi connectivity index (χ2v) is 8.14. The third-order valence-electron chi connectivity index (χ3n) is 5.60. The first-order valence-electron chi connectivity index (χ1n) is 10.6. The molecule has 0 bridgehead atoms. The highest BCUT2D eigenvalue weighted by atomic mass is 127. The van der Waals surface area contributed by atoms with E-state index in [2.05, 4.69) is 32.4 Å². The molecule has 2 heterocycles. The molecule has 1 atom stereocenters. The number of hydrogen-bond donors (Lipinski definition) is 2. The van der Waals surface area contributed by atoms with Crippen molar-refractivity contribution in [2.75, 3.05) is 26.2 Å². The predicted molar refractivity (Wildman–Crippen MR) is 129 cm³/mol. The Bertz CT molecular complexity index is 664. The van der Waals surface area contributed by atoms with Gasteiger partial charge in [0.05, 0.1) is 0 Å². The molecular weight excluding hydrogens is 501 g/mol. The lowest BCUT2D eigenvalue weighted by molar-refractivity contribution is -0.135. The van der Waals surface area contributed by atoms with Crippen LogP contribution in [0.5, 0.6) is 0 Å². The maximum atomic E-state index is 12.7. The summed E-state index contributed by atoms with van der Waals surface area (Å²) in [6, 6.07) is 4.06. The molecular formula is C21H33ClIN5O. The second-order valence-electron chi connectivity index (χ2n) is 7.75. The van der Waals surface area contributed by atoms with Crippen molar-refractivity contribution >= 4 is 47.4 Å². The summed E-state index contributed by atoms with van der Waals surface area (Å²) in [6.07, 6.45) is 9.40. The van der Waals surface area contributed by atoms with Crippen molar-refractivity contribution < 1.29 is 4.79 Å². The first-order valence-corrected chi connectivity index (χ1v) is 11.0. The van der Waals surface area contributed by atoms with Crippen LogP contribution in [0.2, 0.25) is 5.15 Å². The summed E-state index contributed by atoms with van der Waals surface area (Å²) in [5.41, 5.74) is 1.12. The molecule has 1 saturated heterocycles. The van der Waals surface area contributed by atoms with E-state index in [9.17, 15) is 4.79 Å². The number of carbonyl (C=O) groups excluding carboxylic acids is 1. The van der Waals surface area contributed by atoms with Gasteiger partial charge in [0.25, 0.3) is 0 Å². The third kappa shape index (κ3) is 7.59. The van der Waals surface area contributed by atoms with E-state index in [-0.39, 0.29) is 35.9 Å². The number of guanidine groups is 1. The maximum Gasteiger partial charge on any atom is 0.225 e. The van der Waals surface area contributed by atoms with Crippen LogP contribution in [0.4, 0.5) is 0 Å². The molecule has 2 fully saturated rings. The molecule has 29 heavy (non-hydrogen) atoms. The summed E-state index contributed by atoms with van der Waals surface area (Å²) >= 11 is 5.83. The van der Waals surface area contributed by atoms with Crippen LogP contribution < -0.4 is 10.6 Å². The van der Waals surface area contributed by atoms with E-state index in [1.165, 1.54) is 19.3 Å². The van der Waals surface area contributed by atoms with Gasteiger partial charge in [0.15, 0.2) is 5.96 Å². The quantitative estimate of drug-likeness (QED) is 0.254. The summed E-state index contributed by atoms with van der Waals surface area (Å²) < 4.78 is 0. The Balaban J connectivity index is 0.00000300. The van der Waals surface area contributed by atoms with Crippen LogP contribution in [0.1, 0.15) is 51.0 Å². The lowest BCUT2D eigenvalue weighted by Gasteiger charge is -2.26. The molecule has 0 aromatic carbocycles. The molecule has 1 unspecified atom stereocenters. The van der Waals surface area contributed by atoms with Crippen molar-refractivity contribution in [2.45, 2.75) is 57.9 Å². The molecule has 2 N–H and O–H groups in total. The molecule has 1 amide bonds. The molecule has 2 aliphatic rings. The highest BCUT2D eigenvalue weighted by Gasteiger charge is 2.31. The molecule has 1 aromatic rings. The number of amides is 1. The van der Waals surface area contributed by atoms with Crippen molar-refractivity contribution in [2.24, 2.45) is 10.9 Å². The highest BCUT2D eigenvalue weighted by Crippen LogP contribution is 2.26. The van der Waals surface area contributed by atoms with E-state index in [1.54, 1.807) is 12.3 Å². The molecule has 1 aliphatic heterocycles. The normalized spacial score (nSPS) is 20.3. The number of halogens is 2. The SMILES string of the molecule is CCNC(=NCCc1ccc(Cl)nc1)NC1CCN(C(=O)C2CCCCC2)C1.I. The Morgan fingerprint density at radius 3 is 2.76 bits per heavy atom. The number of nitrogens with zero attached hydrogens (tertiary/aromatic N) is 3. The zero-order valence-electron chi connectivity index (χ0n) is 17.2. The molecule has 8 heteroatoms. The minimum absolute atomic E-state index is 0. The Morgan fingerprint density at radius 2 is 2.07 bits per heavy atom. The van der Waals surface area contributed by atoms with Crippen LogP contribution in [0.3, 0.4) is 0 Å². The number of aromatic nitrogens is 1. The van der Waals surface area contributed by atoms with Gasteiger partial charge in [-0.3, -0.25) is 9.79 Å². The van der Waals surface area contributed by atoms with E-state index < -0.39 is 0 Å². The second kappa shape index (κ2) is 12.6. The summed E-state index contributed by atoms with van der Waals surface area (Å²) in [6.45, 7) is 5.18. The number of likely N-dealkylation sites (tertiary alicyclic amines) is 1. The zero-order chi connectivity index (χ0) is 19.8. The lowest BCUT2D eigenvalue weighted by atomic mass is 9.88. The number of rotatable bonds is 6. The van der Waals surface area contributed by atoms with Gasteiger partial charge in [0.1, 0.15) is 5.15 Å². The van der Waals surface area contributed by atoms with Crippen molar-refractivity contribution in [3.63, 3.8) is 0 Å². The fourth-order valence-electron chi connectivity index (χ4n) is 4.05. The zero-order valence-corrected chi connectivity index (χ0v) is 20.3. The average Bonchev–Trinajstić information content (AvgIpc) is 3.18. The molecule has 1 aromatic heterocycles. The van der Waals surface area contributed by atoms with Crippen LogP contribution >= 0.6 is 35.6 Å². The average molecular weight is 534 g/mol. The van der Waals surface area contributed by atoms with Gasteiger partial charge in [-0.15, -0.1) is 24.0 Å². The number of hydrogen-bond acceptors (Lipinski definition) is 3.